The molecule has 0 amide bonds. The van der Waals surface area contributed by atoms with E-state index in [1.165, 1.54) is 6.33 Å². The molecule has 2 rings (SSSR count). The first kappa shape index (κ1) is 11.1. The highest BCUT2D eigenvalue weighted by Gasteiger charge is 2.11. The Balaban J connectivity index is 2.95. The van der Waals surface area contributed by atoms with Crippen LogP contribution >= 0.6 is 11.6 Å². The summed E-state index contributed by atoms with van der Waals surface area (Å²) in [6.07, 6.45) is 3.11. The van der Waals surface area contributed by atoms with Gasteiger partial charge in [0.1, 0.15) is 5.52 Å². The van der Waals surface area contributed by atoms with Gasteiger partial charge in [0.15, 0.2) is 5.15 Å². The average Bonchev–Trinajstić information content (AvgIpc) is 2.23. The molecule has 5 heteroatoms. The van der Waals surface area contributed by atoms with Crippen LogP contribution in [0.25, 0.3) is 10.9 Å². The van der Waals surface area contributed by atoms with Gasteiger partial charge in [0, 0.05) is 12.2 Å². The van der Waals surface area contributed by atoms with E-state index in [9.17, 15) is 4.79 Å². The van der Waals surface area contributed by atoms with Crippen LogP contribution in [0, 0.1) is 6.92 Å². The predicted octanol–water partition coefficient (Wildman–Crippen LogP) is 2.33. The van der Waals surface area contributed by atoms with E-state index in [4.69, 9.17) is 11.6 Å². The van der Waals surface area contributed by atoms with Gasteiger partial charge in [-0.05, 0) is 26.3 Å². The van der Waals surface area contributed by atoms with E-state index in [0.717, 1.165) is 5.56 Å². The van der Waals surface area contributed by atoms with Crippen LogP contribution in [0.1, 0.15) is 25.5 Å². The van der Waals surface area contributed by atoms with E-state index in [2.05, 4.69) is 9.97 Å². The van der Waals surface area contributed by atoms with E-state index < -0.39 is 0 Å². The minimum Gasteiger partial charge on any atom is -0.296 e. The molecule has 0 aromatic carbocycles. The Bertz CT molecular complexity index is 604. The fourth-order valence-electron chi connectivity index (χ4n) is 1.63. The maximum atomic E-state index is 12.2. The van der Waals surface area contributed by atoms with Crippen molar-refractivity contribution >= 4 is 22.5 Å². The zero-order chi connectivity index (χ0) is 11.9. The van der Waals surface area contributed by atoms with E-state index in [1.807, 2.05) is 20.8 Å². The van der Waals surface area contributed by atoms with Crippen LogP contribution in [-0.4, -0.2) is 14.5 Å². The molecule has 0 aliphatic carbocycles. The second kappa shape index (κ2) is 3.87. The molecule has 0 fully saturated rings. The molecule has 0 bridgehead atoms. The lowest BCUT2D eigenvalue weighted by atomic mass is 10.2. The summed E-state index contributed by atoms with van der Waals surface area (Å²) >= 11 is 5.91. The predicted molar refractivity (Wildman–Crippen MR) is 63.9 cm³/mol. The topological polar surface area (TPSA) is 47.8 Å². The molecule has 16 heavy (non-hydrogen) atoms. The molecule has 2 heterocycles. The third-order valence-corrected chi connectivity index (χ3v) is 2.79. The number of aromatic nitrogens is 3. The number of fused-ring (bicyclic) bond motifs is 1. The maximum absolute atomic E-state index is 12.2. The minimum absolute atomic E-state index is 0.0678. The molecule has 0 atom stereocenters. The summed E-state index contributed by atoms with van der Waals surface area (Å²) in [7, 11) is 0. The van der Waals surface area contributed by atoms with Crippen molar-refractivity contribution in [2.24, 2.45) is 0 Å². The third-order valence-electron chi connectivity index (χ3n) is 2.51. The lowest BCUT2D eigenvalue weighted by Gasteiger charge is -2.10. The number of pyridine rings is 1. The van der Waals surface area contributed by atoms with Gasteiger partial charge >= 0.3 is 0 Å². The number of rotatable bonds is 1. The van der Waals surface area contributed by atoms with Crippen LogP contribution in [0.5, 0.6) is 0 Å². The fourth-order valence-corrected chi connectivity index (χ4v) is 1.82. The molecule has 0 aliphatic heterocycles. The molecule has 0 unspecified atom stereocenters. The Morgan fingerprint density at radius 3 is 2.69 bits per heavy atom. The molecule has 0 N–H and O–H groups in total. The van der Waals surface area contributed by atoms with Crippen molar-refractivity contribution in [2.75, 3.05) is 0 Å². The highest BCUT2D eigenvalue weighted by atomic mass is 35.5. The number of halogens is 1. The molecule has 0 aliphatic rings. The van der Waals surface area contributed by atoms with E-state index >= 15 is 0 Å². The molecular formula is C11H12ClN3O. The summed E-state index contributed by atoms with van der Waals surface area (Å²) in [6.45, 7) is 5.71. The van der Waals surface area contributed by atoms with Gasteiger partial charge in [0.25, 0.3) is 5.56 Å². The van der Waals surface area contributed by atoms with Gasteiger partial charge in [0.2, 0.25) is 0 Å². The Kier molecular flexibility index (Phi) is 2.68. The molecule has 0 radical (unpaired) electrons. The normalized spacial score (nSPS) is 11.3. The SMILES string of the molecule is Cc1cnc(Cl)c2ncn(C(C)C)c(=O)c12. The molecular weight excluding hydrogens is 226 g/mol. The summed E-state index contributed by atoms with van der Waals surface area (Å²) in [5.74, 6) is 0. The summed E-state index contributed by atoms with van der Waals surface area (Å²) in [6, 6.07) is 0.0794. The van der Waals surface area contributed by atoms with Crippen LogP contribution < -0.4 is 5.56 Å². The van der Waals surface area contributed by atoms with E-state index in [0.29, 0.717) is 10.9 Å². The van der Waals surface area contributed by atoms with Gasteiger partial charge < -0.3 is 0 Å². The molecule has 4 nitrogen and oxygen atoms in total. The summed E-state index contributed by atoms with van der Waals surface area (Å²) in [5, 5.41) is 0.824. The average molecular weight is 238 g/mol. The van der Waals surface area contributed by atoms with Crippen molar-refractivity contribution < 1.29 is 0 Å². The van der Waals surface area contributed by atoms with Crippen LogP contribution in [0.4, 0.5) is 0 Å². The van der Waals surface area contributed by atoms with Gasteiger partial charge in [0.05, 0.1) is 11.7 Å². The molecule has 0 saturated carbocycles. The molecule has 0 spiro atoms. The Hall–Kier alpha value is -1.42. The van der Waals surface area contributed by atoms with Crippen molar-refractivity contribution in [2.45, 2.75) is 26.8 Å². The van der Waals surface area contributed by atoms with Crippen LogP contribution in [0.15, 0.2) is 17.3 Å². The largest absolute Gasteiger partial charge is 0.296 e. The smallest absolute Gasteiger partial charge is 0.261 e. The standard InChI is InChI=1S/C11H12ClN3O/c1-6(2)15-5-14-9-8(11(15)16)7(3)4-13-10(9)12/h4-6H,1-3H3. The Morgan fingerprint density at radius 2 is 2.06 bits per heavy atom. The molecule has 84 valence electrons. The van der Waals surface area contributed by atoms with Gasteiger partial charge in [-0.15, -0.1) is 0 Å². The summed E-state index contributed by atoms with van der Waals surface area (Å²) < 4.78 is 1.59. The lowest BCUT2D eigenvalue weighted by Crippen LogP contribution is -2.23. The number of nitrogens with zero attached hydrogens (tertiary/aromatic N) is 3. The summed E-state index contributed by atoms with van der Waals surface area (Å²) in [4.78, 5) is 20.3. The van der Waals surface area contributed by atoms with E-state index in [-0.39, 0.29) is 16.8 Å². The Labute approximate surface area is 97.9 Å². The highest BCUT2D eigenvalue weighted by Crippen LogP contribution is 2.19. The number of hydrogen-bond donors (Lipinski definition) is 0. The fraction of sp³-hybridized carbons (Fsp3) is 0.364. The quantitative estimate of drug-likeness (QED) is 0.716. The highest BCUT2D eigenvalue weighted by molar-refractivity contribution is 6.33. The first-order valence-corrected chi connectivity index (χ1v) is 5.42. The number of hydrogen-bond acceptors (Lipinski definition) is 3. The monoisotopic (exact) mass is 237 g/mol. The van der Waals surface area contributed by atoms with Gasteiger partial charge in [-0.1, -0.05) is 11.6 Å². The maximum Gasteiger partial charge on any atom is 0.261 e. The first-order chi connectivity index (χ1) is 7.52. The molecule has 2 aromatic rings. The molecule has 2 aromatic heterocycles. The van der Waals surface area contributed by atoms with Crippen LogP contribution in [0.3, 0.4) is 0 Å². The second-order valence-electron chi connectivity index (χ2n) is 4.01. The second-order valence-corrected chi connectivity index (χ2v) is 4.36. The van der Waals surface area contributed by atoms with Crippen LogP contribution in [-0.2, 0) is 0 Å². The van der Waals surface area contributed by atoms with Crippen molar-refractivity contribution in [3.05, 3.63) is 33.6 Å². The van der Waals surface area contributed by atoms with Gasteiger partial charge in [-0.25, -0.2) is 9.97 Å². The third kappa shape index (κ3) is 1.59. The Morgan fingerprint density at radius 1 is 1.38 bits per heavy atom. The first-order valence-electron chi connectivity index (χ1n) is 5.04. The van der Waals surface area contributed by atoms with Crippen molar-refractivity contribution in [3.63, 3.8) is 0 Å². The van der Waals surface area contributed by atoms with E-state index in [1.54, 1.807) is 10.8 Å². The van der Waals surface area contributed by atoms with Crippen molar-refractivity contribution in [3.8, 4) is 0 Å². The lowest BCUT2D eigenvalue weighted by molar-refractivity contribution is 0.573. The van der Waals surface area contributed by atoms with Crippen LogP contribution in [0.2, 0.25) is 5.15 Å². The summed E-state index contributed by atoms with van der Waals surface area (Å²) in [5.41, 5.74) is 1.21. The molecule has 0 saturated heterocycles. The van der Waals surface area contributed by atoms with Gasteiger partial charge in [-0.3, -0.25) is 9.36 Å². The van der Waals surface area contributed by atoms with Crippen molar-refractivity contribution in [1.29, 1.82) is 0 Å². The minimum atomic E-state index is -0.0678. The zero-order valence-corrected chi connectivity index (χ0v) is 10.1. The van der Waals surface area contributed by atoms with Crippen molar-refractivity contribution in [1.82, 2.24) is 14.5 Å². The number of aryl methyl sites for hydroxylation is 1. The zero-order valence-electron chi connectivity index (χ0n) is 9.36. The van der Waals surface area contributed by atoms with Gasteiger partial charge in [-0.2, -0.15) is 0 Å².